The maximum Gasteiger partial charge on any atom is 0.244 e. The Balaban J connectivity index is 2.28. The summed E-state index contributed by atoms with van der Waals surface area (Å²) in [5, 5.41) is -0.130. The molecule has 1 unspecified atom stereocenters. The molecule has 19 heavy (non-hydrogen) atoms. The molecule has 104 valence electrons. The number of hydrogen-bond donors (Lipinski definition) is 1. The Bertz CT molecular complexity index is 622. The lowest BCUT2D eigenvalue weighted by molar-refractivity contribution is -0.127. The summed E-state index contributed by atoms with van der Waals surface area (Å²) in [5.41, 5.74) is 0. The van der Waals surface area contributed by atoms with Crippen LogP contribution in [0.25, 0.3) is 0 Å². The molecule has 1 aromatic heterocycles. The minimum atomic E-state index is -3.88. The number of likely N-dealkylation sites (tertiary alicyclic amines) is 1. The van der Waals surface area contributed by atoms with Gasteiger partial charge in [-0.05, 0) is 28.4 Å². The molecular weight excluding hydrogens is 358 g/mol. The molecule has 0 radical (unpaired) electrons. The number of nitrogens with one attached hydrogen (secondary N) is 1. The highest BCUT2D eigenvalue weighted by atomic mass is 79.9. The number of likely N-dealkylation sites (N-methyl/N-ethyl adjacent to an activating group) is 1. The predicted molar refractivity (Wildman–Crippen MR) is 73.3 cm³/mol. The highest BCUT2D eigenvalue weighted by Gasteiger charge is 2.33. The number of rotatable bonds is 3. The van der Waals surface area contributed by atoms with Gasteiger partial charge in [0.25, 0.3) is 0 Å². The van der Waals surface area contributed by atoms with Crippen LogP contribution in [0.5, 0.6) is 0 Å². The average molecular weight is 369 g/mol. The van der Waals surface area contributed by atoms with Crippen LogP contribution in [0.15, 0.2) is 21.6 Å². The van der Waals surface area contributed by atoms with E-state index in [1.807, 2.05) is 0 Å². The van der Waals surface area contributed by atoms with Crippen LogP contribution in [0.3, 0.4) is 0 Å². The van der Waals surface area contributed by atoms with Crippen molar-refractivity contribution in [2.24, 2.45) is 0 Å². The molecule has 2 rings (SSSR count). The number of hydrogen-bond acceptors (Lipinski definition) is 4. The van der Waals surface area contributed by atoms with E-state index >= 15 is 0 Å². The molecule has 1 aromatic rings. The van der Waals surface area contributed by atoms with E-state index in [1.165, 1.54) is 17.2 Å². The number of halogens is 2. The first-order chi connectivity index (χ1) is 8.81. The van der Waals surface area contributed by atoms with E-state index in [4.69, 9.17) is 11.6 Å². The summed E-state index contributed by atoms with van der Waals surface area (Å²) in [6.07, 6.45) is 1.84. The minimum Gasteiger partial charge on any atom is -0.344 e. The van der Waals surface area contributed by atoms with E-state index in [0.717, 1.165) is 0 Å². The topological polar surface area (TPSA) is 79.4 Å². The van der Waals surface area contributed by atoms with Gasteiger partial charge in [0, 0.05) is 24.3 Å². The molecule has 0 aromatic carbocycles. The van der Waals surface area contributed by atoms with E-state index in [9.17, 15) is 13.2 Å². The highest BCUT2D eigenvalue weighted by molar-refractivity contribution is 9.10. The summed E-state index contributed by atoms with van der Waals surface area (Å²) < 4.78 is 27.2. The molecule has 9 heteroatoms. The van der Waals surface area contributed by atoms with Crippen LogP contribution in [0.4, 0.5) is 0 Å². The lowest BCUT2D eigenvalue weighted by Gasteiger charge is -2.13. The summed E-state index contributed by atoms with van der Waals surface area (Å²) in [7, 11) is -2.25. The summed E-state index contributed by atoms with van der Waals surface area (Å²) >= 11 is 8.92. The van der Waals surface area contributed by atoms with Gasteiger partial charge < -0.3 is 4.90 Å². The van der Waals surface area contributed by atoms with Gasteiger partial charge in [-0.1, -0.05) is 11.6 Å². The first-order valence-corrected chi connectivity index (χ1v) is 8.05. The maximum atomic E-state index is 12.2. The second-order valence-electron chi connectivity index (χ2n) is 4.16. The van der Waals surface area contributed by atoms with Gasteiger partial charge in [-0.2, -0.15) is 4.72 Å². The predicted octanol–water partition coefficient (Wildman–Crippen LogP) is 1.01. The van der Waals surface area contributed by atoms with Crippen LogP contribution in [0.2, 0.25) is 5.15 Å². The third-order valence-electron chi connectivity index (χ3n) is 2.79. The number of aromatic nitrogens is 1. The van der Waals surface area contributed by atoms with Crippen molar-refractivity contribution in [1.82, 2.24) is 14.6 Å². The fourth-order valence-corrected chi connectivity index (χ4v) is 3.94. The molecule has 2 heterocycles. The molecule has 1 N–H and O–H groups in total. The van der Waals surface area contributed by atoms with Crippen LogP contribution >= 0.6 is 27.5 Å². The quantitative estimate of drug-likeness (QED) is 0.808. The molecule has 1 aliphatic heterocycles. The normalized spacial score (nSPS) is 20.1. The van der Waals surface area contributed by atoms with Crippen molar-refractivity contribution in [3.8, 4) is 0 Å². The van der Waals surface area contributed by atoms with Crippen molar-refractivity contribution in [3.05, 3.63) is 21.9 Å². The van der Waals surface area contributed by atoms with Crippen molar-refractivity contribution in [3.63, 3.8) is 0 Å². The Morgan fingerprint density at radius 3 is 2.84 bits per heavy atom. The number of carbonyl (C=O) groups excluding carboxylic acids is 1. The molecule has 0 saturated carbocycles. The van der Waals surface area contributed by atoms with Crippen LogP contribution in [0.1, 0.15) is 6.42 Å². The fourth-order valence-electron chi connectivity index (χ4n) is 1.78. The monoisotopic (exact) mass is 367 g/mol. The summed E-state index contributed by atoms with van der Waals surface area (Å²) in [6, 6.07) is 0.603. The van der Waals surface area contributed by atoms with Gasteiger partial charge in [0.1, 0.15) is 16.1 Å². The van der Waals surface area contributed by atoms with E-state index in [0.29, 0.717) is 17.4 Å². The summed E-state index contributed by atoms with van der Waals surface area (Å²) in [6.45, 7) is 0.524. The lowest BCUT2D eigenvalue weighted by atomic mass is 10.3. The van der Waals surface area contributed by atoms with E-state index in [1.54, 1.807) is 7.05 Å². The third kappa shape index (κ3) is 3.07. The second kappa shape index (κ2) is 5.35. The largest absolute Gasteiger partial charge is 0.344 e. The zero-order valence-corrected chi connectivity index (χ0v) is 13.1. The average Bonchev–Trinajstić information content (AvgIpc) is 2.63. The molecule has 0 spiro atoms. The van der Waals surface area contributed by atoms with Gasteiger partial charge in [0.05, 0.1) is 0 Å². The Labute approximate surface area is 124 Å². The van der Waals surface area contributed by atoms with Gasteiger partial charge in [-0.3, -0.25) is 4.79 Å². The van der Waals surface area contributed by atoms with Gasteiger partial charge >= 0.3 is 0 Å². The van der Waals surface area contributed by atoms with Crippen molar-refractivity contribution in [1.29, 1.82) is 0 Å². The lowest BCUT2D eigenvalue weighted by Crippen LogP contribution is -2.40. The molecule has 1 atom stereocenters. The number of amides is 1. The van der Waals surface area contributed by atoms with Crippen LogP contribution in [-0.4, -0.2) is 43.8 Å². The van der Waals surface area contributed by atoms with Crippen LogP contribution < -0.4 is 4.72 Å². The Morgan fingerprint density at radius 1 is 1.58 bits per heavy atom. The summed E-state index contributed by atoms with van der Waals surface area (Å²) in [5.74, 6) is -0.248. The zero-order chi connectivity index (χ0) is 14.2. The smallest absolute Gasteiger partial charge is 0.244 e. The maximum absolute atomic E-state index is 12.2. The third-order valence-corrected chi connectivity index (χ3v) is 5.12. The second-order valence-corrected chi connectivity index (χ2v) is 7.12. The molecule has 1 amide bonds. The van der Waals surface area contributed by atoms with Gasteiger partial charge in [-0.25, -0.2) is 13.4 Å². The molecule has 0 aliphatic carbocycles. The SMILES string of the molecule is CN1CCC(NS(=O)(=O)c2cc(Br)cnc2Cl)C1=O. The first-order valence-electron chi connectivity index (χ1n) is 5.39. The Kier molecular flexibility index (Phi) is 4.14. The molecule has 1 saturated heterocycles. The van der Waals surface area contributed by atoms with Crippen molar-refractivity contribution < 1.29 is 13.2 Å². The zero-order valence-electron chi connectivity index (χ0n) is 9.93. The standard InChI is InChI=1S/C10H11BrClN3O3S/c1-15-3-2-7(10(15)16)14-19(17,18)8-4-6(11)5-13-9(8)12/h4-5,7,14H,2-3H2,1H3. The molecule has 1 fully saturated rings. The number of carbonyl (C=O) groups is 1. The molecule has 1 aliphatic rings. The molecule has 6 nitrogen and oxygen atoms in total. The van der Waals surface area contributed by atoms with Crippen molar-refractivity contribution in [2.75, 3.05) is 13.6 Å². The van der Waals surface area contributed by atoms with Crippen molar-refractivity contribution >= 4 is 43.5 Å². The number of sulfonamides is 1. The van der Waals surface area contributed by atoms with E-state index in [2.05, 4.69) is 25.6 Å². The Morgan fingerprint density at radius 2 is 2.26 bits per heavy atom. The van der Waals surface area contributed by atoms with E-state index in [-0.39, 0.29) is 16.0 Å². The molecular formula is C10H11BrClN3O3S. The number of pyridine rings is 1. The molecule has 0 bridgehead atoms. The number of nitrogens with zero attached hydrogens (tertiary/aromatic N) is 2. The highest BCUT2D eigenvalue weighted by Crippen LogP contribution is 2.23. The first kappa shape index (κ1) is 14.7. The van der Waals surface area contributed by atoms with Gasteiger partial charge in [0.15, 0.2) is 0 Å². The van der Waals surface area contributed by atoms with E-state index < -0.39 is 16.1 Å². The Hall–Kier alpha value is -0.700. The fraction of sp³-hybridized carbons (Fsp3) is 0.400. The van der Waals surface area contributed by atoms with Gasteiger partial charge in [-0.15, -0.1) is 0 Å². The van der Waals surface area contributed by atoms with Crippen LogP contribution in [-0.2, 0) is 14.8 Å². The van der Waals surface area contributed by atoms with Gasteiger partial charge in [0.2, 0.25) is 15.9 Å². The minimum absolute atomic E-state index is 0.130. The summed E-state index contributed by atoms with van der Waals surface area (Å²) in [4.78, 5) is 16.8. The van der Waals surface area contributed by atoms with Crippen molar-refractivity contribution in [2.45, 2.75) is 17.4 Å². The van der Waals surface area contributed by atoms with Crippen LogP contribution in [0, 0.1) is 0 Å².